The second-order valence-electron chi connectivity index (χ2n) is 6.89. The Morgan fingerprint density at radius 3 is 2.50 bits per heavy atom. The van der Waals surface area contributed by atoms with Crippen LogP contribution in [-0.2, 0) is 24.9 Å². The van der Waals surface area contributed by atoms with Crippen molar-refractivity contribution < 1.29 is 14.3 Å². The Hall–Kier alpha value is -2.40. The molecule has 4 nitrogen and oxygen atoms in total. The van der Waals surface area contributed by atoms with Gasteiger partial charge >= 0.3 is 6.03 Å². The lowest BCUT2D eigenvalue weighted by molar-refractivity contribution is 0.0417. The number of carbonyl (C=O) groups is 1. The Morgan fingerprint density at radius 1 is 1.15 bits per heavy atom. The summed E-state index contributed by atoms with van der Waals surface area (Å²) in [5.74, 6) is -0.304. The summed E-state index contributed by atoms with van der Waals surface area (Å²) in [6, 6.07) is 10.1. The van der Waals surface area contributed by atoms with E-state index >= 15 is 0 Å². The molecule has 5 heteroatoms. The molecule has 0 bridgehead atoms. The monoisotopic (exact) mass is 356 g/mol. The van der Waals surface area contributed by atoms with Gasteiger partial charge < -0.3 is 15.7 Å². The summed E-state index contributed by atoms with van der Waals surface area (Å²) < 4.78 is 13.3. The zero-order valence-corrected chi connectivity index (χ0v) is 15.2. The van der Waals surface area contributed by atoms with Crippen LogP contribution < -0.4 is 10.6 Å². The molecule has 2 amide bonds. The smallest absolute Gasteiger partial charge is 0.319 e. The normalized spacial score (nSPS) is 18.5. The number of halogens is 1. The molecule has 2 aromatic carbocycles. The number of hydrogen-bond donors (Lipinski definition) is 3. The van der Waals surface area contributed by atoms with Crippen LogP contribution >= 0.6 is 0 Å². The van der Waals surface area contributed by atoms with Crippen molar-refractivity contribution in [2.24, 2.45) is 0 Å². The van der Waals surface area contributed by atoms with Gasteiger partial charge in [-0.25, -0.2) is 9.18 Å². The topological polar surface area (TPSA) is 61.4 Å². The highest BCUT2D eigenvalue weighted by Gasteiger charge is 2.37. The first-order valence-electron chi connectivity index (χ1n) is 9.12. The van der Waals surface area contributed by atoms with E-state index in [9.17, 15) is 14.3 Å². The molecule has 1 unspecified atom stereocenters. The molecule has 0 aliphatic heterocycles. The van der Waals surface area contributed by atoms with Crippen molar-refractivity contribution in [1.29, 1.82) is 0 Å². The van der Waals surface area contributed by atoms with Crippen LogP contribution in [0.4, 0.5) is 14.9 Å². The van der Waals surface area contributed by atoms with Crippen LogP contribution in [0.15, 0.2) is 36.4 Å². The first kappa shape index (κ1) is 18.4. The van der Waals surface area contributed by atoms with Gasteiger partial charge in [0.1, 0.15) is 11.4 Å². The van der Waals surface area contributed by atoms with E-state index in [2.05, 4.69) is 30.5 Å². The van der Waals surface area contributed by atoms with Crippen molar-refractivity contribution in [3.63, 3.8) is 0 Å². The maximum atomic E-state index is 13.3. The summed E-state index contributed by atoms with van der Waals surface area (Å²) in [5, 5.41) is 16.4. The van der Waals surface area contributed by atoms with E-state index in [-0.39, 0.29) is 18.4 Å². The number of amides is 2. The Bertz CT molecular complexity index is 799. The average molecular weight is 356 g/mol. The Morgan fingerprint density at radius 2 is 1.85 bits per heavy atom. The SMILES string of the molecule is CCc1cc(CC)cc(NC(=O)NCC2(O)CCc3cc(F)ccc32)c1. The molecule has 3 N–H and O–H groups in total. The Kier molecular flexibility index (Phi) is 5.28. The fourth-order valence-electron chi connectivity index (χ4n) is 3.53. The van der Waals surface area contributed by atoms with Crippen LogP contribution in [0, 0.1) is 5.82 Å². The number of hydrogen-bond acceptors (Lipinski definition) is 2. The third kappa shape index (κ3) is 3.88. The van der Waals surface area contributed by atoms with Crippen molar-refractivity contribution in [3.8, 4) is 0 Å². The fraction of sp³-hybridized carbons (Fsp3) is 0.381. The Balaban J connectivity index is 1.65. The number of aliphatic hydroxyl groups is 1. The predicted molar refractivity (Wildman–Crippen MR) is 101 cm³/mol. The zero-order valence-electron chi connectivity index (χ0n) is 15.2. The lowest BCUT2D eigenvalue weighted by Crippen LogP contribution is -2.41. The number of nitrogens with one attached hydrogen (secondary N) is 2. The molecule has 1 aliphatic rings. The van der Waals surface area contributed by atoms with E-state index in [1.807, 2.05) is 12.1 Å². The van der Waals surface area contributed by atoms with Crippen molar-refractivity contribution >= 4 is 11.7 Å². The number of aryl methyl sites for hydroxylation is 3. The molecule has 3 rings (SSSR count). The van der Waals surface area contributed by atoms with E-state index in [4.69, 9.17) is 0 Å². The number of urea groups is 1. The molecular weight excluding hydrogens is 331 g/mol. The van der Waals surface area contributed by atoms with Crippen LogP contribution in [-0.4, -0.2) is 17.7 Å². The molecular formula is C21H25FN2O2. The number of benzene rings is 2. The van der Waals surface area contributed by atoms with Gasteiger partial charge in [-0.05, 0) is 72.2 Å². The molecule has 0 heterocycles. The molecule has 0 fully saturated rings. The van der Waals surface area contributed by atoms with Crippen molar-refractivity contribution in [1.82, 2.24) is 5.32 Å². The molecule has 1 aliphatic carbocycles. The minimum Gasteiger partial charge on any atom is -0.383 e. The first-order valence-corrected chi connectivity index (χ1v) is 9.12. The molecule has 0 spiro atoms. The minimum absolute atomic E-state index is 0.0889. The van der Waals surface area contributed by atoms with Gasteiger partial charge in [-0.2, -0.15) is 0 Å². The number of fused-ring (bicyclic) bond motifs is 1. The lowest BCUT2D eigenvalue weighted by atomic mass is 9.96. The second-order valence-corrected chi connectivity index (χ2v) is 6.89. The van der Waals surface area contributed by atoms with Crippen LogP contribution in [0.2, 0.25) is 0 Å². The van der Waals surface area contributed by atoms with Crippen LogP contribution in [0.5, 0.6) is 0 Å². The summed E-state index contributed by atoms with van der Waals surface area (Å²) in [4.78, 5) is 12.3. The maximum Gasteiger partial charge on any atom is 0.319 e. The summed E-state index contributed by atoms with van der Waals surface area (Å²) in [7, 11) is 0. The van der Waals surface area contributed by atoms with Gasteiger partial charge in [0, 0.05) is 5.69 Å². The third-order valence-corrected chi connectivity index (χ3v) is 5.04. The van der Waals surface area contributed by atoms with E-state index in [1.54, 1.807) is 6.07 Å². The summed E-state index contributed by atoms with van der Waals surface area (Å²) in [5.41, 5.74) is 3.44. The fourth-order valence-corrected chi connectivity index (χ4v) is 3.53. The van der Waals surface area contributed by atoms with Crippen LogP contribution in [0.1, 0.15) is 42.5 Å². The minimum atomic E-state index is -1.15. The first-order chi connectivity index (χ1) is 12.4. The highest BCUT2D eigenvalue weighted by Crippen LogP contribution is 2.36. The molecule has 0 aromatic heterocycles. The predicted octanol–water partition coefficient (Wildman–Crippen LogP) is 3.91. The number of carbonyl (C=O) groups excluding carboxylic acids is 1. The lowest BCUT2D eigenvalue weighted by Gasteiger charge is -2.24. The van der Waals surface area contributed by atoms with Crippen molar-refractivity contribution in [2.75, 3.05) is 11.9 Å². The molecule has 0 saturated heterocycles. The van der Waals surface area contributed by atoms with Gasteiger partial charge in [-0.15, -0.1) is 0 Å². The summed E-state index contributed by atoms with van der Waals surface area (Å²) in [6.07, 6.45) is 2.87. The van der Waals surface area contributed by atoms with Gasteiger partial charge in [0.05, 0.1) is 6.54 Å². The molecule has 0 saturated carbocycles. The third-order valence-electron chi connectivity index (χ3n) is 5.04. The Labute approximate surface area is 153 Å². The van der Waals surface area contributed by atoms with E-state index < -0.39 is 5.60 Å². The van der Waals surface area contributed by atoms with E-state index in [0.29, 0.717) is 18.4 Å². The molecule has 1 atom stereocenters. The van der Waals surface area contributed by atoms with Gasteiger partial charge in [-0.1, -0.05) is 26.0 Å². The number of anilines is 1. The largest absolute Gasteiger partial charge is 0.383 e. The van der Waals surface area contributed by atoms with Crippen LogP contribution in [0.25, 0.3) is 0 Å². The van der Waals surface area contributed by atoms with Gasteiger partial charge in [0.2, 0.25) is 0 Å². The average Bonchev–Trinajstić information content (AvgIpc) is 2.96. The quantitative estimate of drug-likeness (QED) is 0.761. The van der Waals surface area contributed by atoms with Gasteiger partial charge in [0.25, 0.3) is 0 Å². The maximum absolute atomic E-state index is 13.3. The highest BCUT2D eigenvalue weighted by atomic mass is 19.1. The zero-order chi connectivity index (χ0) is 18.7. The van der Waals surface area contributed by atoms with Crippen molar-refractivity contribution in [3.05, 3.63) is 64.5 Å². The number of rotatable bonds is 5. The summed E-state index contributed by atoms with van der Waals surface area (Å²) >= 11 is 0. The van der Waals surface area contributed by atoms with Gasteiger partial charge in [0.15, 0.2) is 0 Å². The summed E-state index contributed by atoms with van der Waals surface area (Å²) in [6.45, 7) is 4.24. The molecule has 138 valence electrons. The molecule has 26 heavy (non-hydrogen) atoms. The standard InChI is InChI=1S/C21H25FN2O2/c1-3-14-9-15(4-2)11-18(10-14)24-20(25)23-13-21(26)8-7-16-12-17(22)5-6-19(16)21/h5-6,9-12,26H,3-4,7-8,13H2,1-2H3,(H2,23,24,25). The highest BCUT2D eigenvalue weighted by molar-refractivity contribution is 5.89. The van der Waals surface area contributed by atoms with E-state index in [1.165, 1.54) is 23.3 Å². The molecule has 0 radical (unpaired) electrons. The van der Waals surface area contributed by atoms with Crippen molar-refractivity contribution in [2.45, 2.75) is 45.1 Å². The van der Waals surface area contributed by atoms with E-state index in [0.717, 1.165) is 24.1 Å². The van der Waals surface area contributed by atoms with Crippen LogP contribution in [0.3, 0.4) is 0 Å². The van der Waals surface area contributed by atoms with Gasteiger partial charge in [-0.3, -0.25) is 0 Å². The second kappa shape index (κ2) is 7.46. The molecule has 2 aromatic rings.